The van der Waals surface area contributed by atoms with Crippen molar-refractivity contribution in [3.8, 4) is 0 Å². The normalized spacial score (nSPS) is 36.2. The first-order valence-corrected chi connectivity index (χ1v) is 6.83. The van der Waals surface area contributed by atoms with Crippen LogP contribution in [0.5, 0.6) is 0 Å². The average molecular weight is 227 g/mol. The summed E-state index contributed by atoms with van der Waals surface area (Å²) in [4.78, 5) is 0. The third-order valence-electron chi connectivity index (χ3n) is 3.91. The highest BCUT2D eigenvalue weighted by Crippen LogP contribution is 2.26. The Bertz CT molecular complexity index is 192. The molecule has 1 aliphatic carbocycles. The van der Waals surface area contributed by atoms with Crippen LogP contribution < -0.4 is 5.73 Å². The van der Waals surface area contributed by atoms with Gasteiger partial charge in [0.25, 0.3) is 0 Å². The van der Waals surface area contributed by atoms with E-state index in [0.717, 1.165) is 19.8 Å². The van der Waals surface area contributed by atoms with E-state index < -0.39 is 0 Å². The van der Waals surface area contributed by atoms with Crippen molar-refractivity contribution in [2.45, 2.75) is 57.2 Å². The first-order chi connectivity index (χ1) is 7.90. The number of hydrogen-bond donors (Lipinski definition) is 1. The van der Waals surface area contributed by atoms with Crippen molar-refractivity contribution in [1.29, 1.82) is 0 Å². The van der Waals surface area contributed by atoms with Gasteiger partial charge in [0.15, 0.2) is 0 Å². The van der Waals surface area contributed by atoms with E-state index in [4.69, 9.17) is 15.2 Å². The van der Waals surface area contributed by atoms with E-state index in [2.05, 4.69) is 0 Å². The molecule has 2 N–H and O–H groups in total. The zero-order valence-electron chi connectivity index (χ0n) is 10.2. The van der Waals surface area contributed by atoms with Gasteiger partial charge in [-0.05, 0) is 38.1 Å². The smallest absolute Gasteiger partial charge is 0.0809 e. The maximum Gasteiger partial charge on any atom is 0.0809 e. The lowest BCUT2D eigenvalue weighted by Gasteiger charge is -2.25. The second-order valence-corrected chi connectivity index (χ2v) is 5.14. The van der Waals surface area contributed by atoms with Crippen molar-refractivity contribution in [2.24, 2.45) is 11.7 Å². The van der Waals surface area contributed by atoms with Crippen LogP contribution in [0.15, 0.2) is 0 Å². The Hall–Kier alpha value is -0.120. The van der Waals surface area contributed by atoms with Gasteiger partial charge in [-0.3, -0.25) is 0 Å². The Balaban J connectivity index is 1.75. The molecule has 0 aromatic heterocycles. The topological polar surface area (TPSA) is 44.5 Å². The standard InChI is InChI=1S/C13H25NO2/c14-9-11-5-2-1-3-7-13(11)16-10-12-6-4-8-15-12/h11-13H,1-10,14H2. The van der Waals surface area contributed by atoms with Crippen LogP contribution in [0.1, 0.15) is 44.9 Å². The van der Waals surface area contributed by atoms with E-state index in [1.807, 2.05) is 0 Å². The van der Waals surface area contributed by atoms with E-state index in [0.29, 0.717) is 18.1 Å². The van der Waals surface area contributed by atoms with Crippen molar-refractivity contribution in [3.05, 3.63) is 0 Å². The van der Waals surface area contributed by atoms with Crippen LogP contribution in [0.25, 0.3) is 0 Å². The predicted molar refractivity (Wildman–Crippen MR) is 64.3 cm³/mol. The molecule has 0 aromatic carbocycles. The van der Waals surface area contributed by atoms with Crippen molar-refractivity contribution < 1.29 is 9.47 Å². The number of hydrogen-bond acceptors (Lipinski definition) is 3. The molecule has 2 rings (SSSR count). The summed E-state index contributed by atoms with van der Waals surface area (Å²) >= 11 is 0. The van der Waals surface area contributed by atoms with Crippen molar-refractivity contribution in [1.82, 2.24) is 0 Å². The van der Waals surface area contributed by atoms with Crippen LogP contribution >= 0.6 is 0 Å². The summed E-state index contributed by atoms with van der Waals surface area (Å²) in [7, 11) is 0. The van der Waals surface area contributed by atoms with Gasteiger partial charge in [0.2, 0.25) is 0 Å². The molecular formula is C13H25NO2. The monoisotopic (exact) mass is 227 g/mol. The van der Waals surface area contributed by atoms with Crippen molar-refractivity contribution >= 4 is 0 Å². The second-order valence-electron chi connectivity index (χ2n) is 5.14. The summed E-state index contributed by atoms with van der Waals surface area (Å²) in [5.74, 6) is 0.573. The van der Waals surface area contributed by atoms with E-state index in [-0.39, 0.29) is 0 Å². The highest BCUT2D eigenvalue weighted by Gasteiger charge is 2.25. The van der Waals surface area contributed by atoms with Gasteiger partial charge in [0, 0.05) is 6.61 Å². The maximum atomic E-state index is 6.05. The Labute approximate surface area is 98.7 Å². The minimum atomic E-state index is 0.349. The Morgan fingerprint density at radius 2 is 1.94 bits per heavy atom. The summed E-state index contributed by atoms with van der Waals surface area (Å²) in [6.45, 7) is 2.47. The first kappa shape index (κ1) is 12.3. The van der Waals surface area contributed by atoms with Crippen LogP contribution in [0.4, 0.5) is 0 Å². The van der Waals surface area contributed by atoms with Crippen molar-refractivity contribution in [2.75, 3.05) is 19.8 Å². The third kappa shape index (κ3) is 3.44. The lowest BCUT2D eigenvalue weighted by Crippen LogP contribution is -2.31. The molecule has 1 saturated carbocycles. The molecule has 2 aliphatic rings. The molecule has 16 heavy (non-hydrogen) atoms. The Morgan fingerprint density at radius 1 is 1.06 bits per heavy atom. The van der Waals surface area contributed by atoms with Gasteiger partial charge >= 0.3 is 0 Å². The molecular weight excluding hydrogens is 202 g/mol. The van der Waals surface area contributed by atoms with E-state index >= 15 is 0 Å². The molecule has 1 saturated heterocycles. The quantitative estimate of drug-likeness (QED) is 0.748. The van der Waals surface area contributed by atoms with Gasteiger partial charge in [-0.1, -0.05) is 19.3 Å². The van der Waals surface area contributed by atoms with Gasteiger partial charge in [-0.2, -0.15) is 0 Å². The van der Waals surface area contributed by atoms with Gasteiger partial charge in [0.1, 0.15) is 0 Å². The molecule has 3 unspecified atom stereocenters. The first-order valence-electron chi connectivity index (χ1n) is 6.83. The fourth-order valence-electron chi connectivity index (χ4n) is 2.85. The largest absolute Gasteiger partial charge is 0.376 e. The zero-order valence-corrected chi connectivity index (χ0v) is 10.2. The lowest BCUT2D eigenvalue weighted by atomic mass is 9.97. The molecule has 0 radical (unpaired) electrons. The fourth-order valence-corrected chi connectivity index (χ4v) is 2.85. The Kier molecular flexibility index (Phi) is 5.07. The molecule has 1 aliphatic heterocycles. The highest BCUT2D eigenvalue weighted by molar-refractivity contribution is 4.76. The van der Waals surface area contributed by atoms with Gasteiger partial charge in [-0.25, -0.2) is 0 Å². The third-order valence-corrected chi connectivity index (χ3v) is 3.91. The molecule has 1 heterocycles. The molecule has 94 valence electrons. The van der Waals surface area contributed by atoms with E-state index in [1.54, 1.807) is 0 Å². The molecule has 3 heteroatoms. The number of nitrogens with two attached hydrogens (primary N) is 1. The van der Waals surface area contributed by atoms with E-state index in [1.165, 1.54) is 44.9 Å². The number of ether oxygens (including phenoxy) is 2. The van der Waals surface area contributed by atoms with Crippen LogP contribution in [-0.2, 0) is 9.47 Å². The molecule has 0 aromatic rings. The van der Waals surface area contributed by atoms with Gasteiger partial charge in [-0.15, -0.1) is 0 Å². The van der Waals surface area contributed by atoms with E-state index in [9.17, 15) is 0 Å². The SMILES string of the molecule is NCC1CCCCCC1OCC1CCCO1. The zero-order chi connectivity index (χ0) is 11.2. The molecule has 2 fully saturated rings. The predicted octanol–water partition coefficient (Wildman–Crippen LogP) is 2.09. The lowest BCUT2D eigenvalue weighted by molar-refractivity contribution is -0.0432. The molecule has 3 atom stereocenters. The molecule has 3 nitrogen and oxygen atoms in total. The summed E-state index contributed by atoms with van der Waals surface area (Å²) in [5.41, 5.74) is 5.84. The molecule has 0 amide bonds. The minimum Gasteiger partial charge on any atom is -0.376 e. The van der Waals surface area contributed by atoms with Crippen LogP contribution in [0, 0.1) is 5.92 Å². The summed E-state index contributed by atoms with van der Waals surface area (Å²) in [5, 5.41) is 0. The Morgan fingerprint density at radius 3 is 2.69 bits per heavy atom. The maximum absolute atomic E-state index is 6.05. The average Bonchev–Trinajstić information content (AvgIpc) is 2.71. The van der Waals surface area contributed by atoms with Gasteiger partial charge in [0.05, 0.1) is 18.8 Å². The summed E-state index contributed by atoms with van der Waals surface area (Å²) in [6, 6.07) is 0. The number of rotatable bonds is 4. The second kappa shape index (κ2) is 6.58. The van der Waals surface area contributed by atoms with Crippen LogP contribution in [0.2, 0.25) is 0 Å². The summed E-state index contributed by atoms with van der Waals surface area (Å²) in [6.07, 6.45) is 9.49. The minimum absolute atomic E-state index is 0.349. The van der Waals surface area contributed by atoms with Gasteiger partial charge < -0.3 is 15.2 Å². The molecule has 0 spiro atoms. The van der Waals surface area contributed by atoms with Crippen molar-refractivity contribution in [3.63, 3.8) is 0 Å². The highest BCUT2D eigenvalue weighted by atomic mass is 16.5. The summed E-state index contributed by atoms with van der Waals surface area (Å²) < 4.78 is 11.6. The van der Waals surface area contributed by atoms with Crippen LogP contribution in [0.3, 0.4) is 0 Å². The molecule has 0 bridgehead atoms. The van der Waals surface area contributed by atoms with Crippen LogP contribution in [-0.4, -0.2) is 32.0 Å². The fraction of sp³-hybridized carbons (Fsp3) is 1.00.